The maximum atomic E-state index is 12.5. The van der Waals surface area contributed by atoms with Gasteiger partial charge in [-0.15, -0.1) is 0 Å². The van der Waals surface area contributed by atoms with Gasteiger partial charge in [0.15, 0.2) is 5.75 Å². The van der Waals surface area contributed by atoms with Gasteiger partial charge in [-0.05, 0) is 35.5 Å². The number of phenolic OH excluding ortho intramolecular Hbond substituents is 1. The molecule has 0 atom stereocenters. The lowest BCUT2D eigenvalue weighted by Gasteiger charge is -2.28. The Morgan fingerprint density at radius 1 is 1.23 bits per heavy atom. The molecule has 138 valence electrons. The summed E-state index contributed by atoms with van der Waals surface area (Å²) in [5, 5.41) is 9.13. The number of rotatable bonds is 3. The van der Waals surface area contributed by atoms with Crippen molar-refractivity contribution >= 4 is 58.1 Å². The Labute approximate surface area is 163 Å². The fourth-order valence-electron chi connectivity index (χ4n) is 2.50. The van der Waals surface area contributed by atoms with E-state index in [1.807, 2.05) is 0 Å². The predicted molar refractivity (Wildman–Crippen MR) is 98.2 cm³/mol. The van der Waals surface area contributed by atoms with Gasteiger partial charge in [-0.25, -0.2) is 0 Å². The Bertz CT molecular complexity index is 785. The number of morpholine rings is 1. The second-order valence-corrected chi connectivity index (χ2v) is 7.40. The van der Waals surface area contributed by atoms with E-state index in [-0.39, 0.29) is 33.2 Å². The van der Waals surface area contributed by atoms with E-state index in [9.17, 15) is 19.5 Å². The molecule has 0 unspecified atom stereocenters. The number of benzene rings is 1. The molecule has 26 heavy (non-hydrogen) atoms. The number of aromatic hydroxyl groups is 1. The first-order chi connectivity index (χ1) is 12.4. The summed E-state index contributed by atoms with van der Waals surface area (Å²) in [5.41, 5.74) is 0.461. The topological polar surface area (TPSA) is 87.2 Å². The van der Waals surface area contributed by atoms with Crippen molar-refractivity contribution < 1.29 is 24.2 Å². The number of carbonyl (C=O) groups excluding carboxylic acids is 3. The summed E-state index contributed by atoms with van der Waals surface area (Å²) in [6.07, 6.45) is 1.45. The van der Waals surface area contributed by atoms with Gasteiger partial charge in [0, 0.05) is 13.1 Å². The molecule has 2 aliphatic heterocycles. The Morgan fingerprint density at radius 2 is 1.85 bits per heavy atom. The van der Waals surface area contributed by atoms with Crippen molar-refractivity contribution in [1.29, 1.82) is 0 Å². The van der Waals surface area contributed by atoms with Gasteiger partial charge in [0.2, 0.25) is 5.91 Å². The van der Waals surface area contributed by atoms with Crippen molar-refractivity contribution in [2.75, 3.05) is 32.8 Å². The number of ether oxygens (including phenoxy) is 1. The Morgan fingerprint density at radius 3 is 2.46 bits per heavy atom. The minimum Gasteiger partial charge on any atom is -0.505 e. The zero-order chi connectivity index (χ0) is 18.8. The predicted octanol–water partition coefficient (Wildman–Crippen LogP) is 2.59. The summed E-state index contributed by atoms with van der Waals surface area (Å²) in [5.74, 6) is -1.11. The van der Waals surface area contributed by atoms with Crippen molar-refractivity contribution in [3.8, 4) is 5.75 Å². The van der Waals surface area contributed by atoms with E-state index < -0.39 is 11.1 Å². The van der Waals surface area contributed by atoms with E-state index in [2.05, 4.69) is 0 Å². The zero-order valence-electron chi connectivity index (χ0n) is 13.4. The van der Waals surface area contributed by atoms with Gasteiger partial charge in [-0.1, -0.05) is 23.2 Å². The van der Waals surface area contributed by atoms with Gasteiger partial charge in [-0.3, -0.25) is 19.3 Å². The normalized spacial score (nSPS) is 19.5. The molecule has 0 aromatic heterocycles. The molecule has 2 heterocycles. The van der Waals surface area contributed by atoms with Gasteiger partial charge in [0.25, 0.3) is 11.1 Å². The van der Waals surface area contributed by atoms with Crippen molar-refractivity contribution in [2.45, 2.75) is 0 Å². The SMILES string of the molecule is O=C(CN1C(=O)S/C(=C/c2cc(Cl)c(O)c(Cl)c2)C1=O)N1CCOCC1. The van der Waals surface area contributed by atoms with Gasteiger partial charge in [-0.2, -0.15) is 0 Å². The van der Waals surface area contributed by atoms with Crippen LogP contribution in [0.3, 0.4) is 0 Å². The lowest BCUT2D eigenvalue weighted by Crippen LogP contribution is -2.46. The van der Waals surface area contributed by atoms with E-state index in [0.29, 0.717) is 31.9 Å². The summed E-state index contributed by atoms with van der Waals surface area (Å²) in [4.78, 5) is 39.5. The highest BCUT2D eigenvalue weighted by Gasteiger charge is 2.37. The van der Waals surface area contributed by atoms with Crippen LogP contribution >= 0.6 is 35.0 Å². The molecule has 0 spiro atoms. The Kier molecular flexibility index (Phi) is 5.76. The largest absolute Gasteiger partial charge is 0.505 e. The van der Waals surface area contributed by atoms with E-state index in [4.69, 9.17) is 27.9 Å². The molecule has 1 aromatic carbocycles. The fraction of sp³-hybridized carbons (Fsp3) is 0.312. The fourth-order valence-corrected chi connectivity index (χ4v) is 3.85. The first-order valence-corrected chi connectivity index (χ1v) is 9.23. The smallest absolute Gasteiger partial charge is 0.294 e. The summed E-state index contributed by atoms with van der Waals surface area (Å²) in [6, 6.07) is 2.85. The average molecular weight is 417 g/mol. The van der Waals surface area contributed by atoms with Crippen molar-refractivity contribution in [3.63, 3.8) is 0 Å². The van der Waals surface area contributed by atoms with Crippen LogP contribution in [-0.2, 0) is 14.3 Å². The highest BCUT2D eigenvalue weighted by molar-refractivity contribution is 8.18. The first kappa shape index (κ1) is 19.0. The quantitative estimate of drug-likeness (QED) is 0.761. The van der Waals surface area contributed by atoms with Crippen LogP contribution in [-0.4, -0.2) is 64.8 Å². The molecular weight excluding hydrogens is 403 g/mol. The molecule has 2 saturated heterocycles. The van der Waals surface area contributed by atoms with Gasteiger partial charge in [0.05, 0.1) is 28.2 Å². The van der Waals surface area contributed by atoms with Crippen LogP contribution < -0.4 is 0 Å². The number of amides is 3. The molecule has 3 rings (SSSR count). The van der Waals surface area contributed by atoms with E-state index in [1.54, 1.807) is 4.90 Å². The summed E-state index contributed by atoms with van der Waals surface area (Å²) in [7, 11) is 0. The number of hydrogen-bond donors (Lipinski definition) is 1. The molecule has 1 N–H and O–H groups in total. The highest BCUT2D eigenvalue weighted by atomic mass is 35.5. The minimum atomic E-state index is -0.554. The monoisotopic (exact) mass is 416 g/mol. The summed E-state index contributed by atoms with van der Waals surface area (Å²) < 4.78 is 5.18. The van der Waals surface area contributed by atoms with Crippen LogP contribution in [0, 0.1) is 0 Å². The van der Waals surface area contributed by atoms with E-state index in [1.165, 1.54) is 18.2 Å². The number of imide groups is 1. The zero-order valence-corrected chi connectivity index (χ0v) is 15.7. The van der Waals surface area contributed by atoms with Crippen molar-refractivity contribution in [3.05, 3.63) is 32.6 Å². The van der Waals surface area contributed by atoms with E-state index >= 15 is 0 Å². The Hall–Kier alpha value is -1.74. The number of hydrogen-bond acceptors (Lipinski definition) is 6. The van der Waals surface area contributed by atoms with Crippen molar-refractivity contribution in [1.82, 2.24) is 9.80 Å². The number of carbonyl (C=O) groups is 3. The molecule has 10 heteroatoms. The molecule has 0 bridgehead atoms. The third kappa shape index (κ3) is 3.98. The van der Waals surface area contributed by atoms with Crippen LogP contribution in [0.4, 0.5) is 4.79 Å². The first-order valence-electron chi connectivity index (χ1n) is 7.65. The molecule has 0 aliphatic carbocycles. The third-order valence-electron chi connectivity index (χ3n) is 3.87. The number of halogens is 2. The van der Waals surface area contributed by atoms with Crippen LogP contribution in [0.1, 0.15) is 5.56 Å². The number of nitrogens with zero attached hydrogens (tertiary/aromatic N) is 2. The molecule has 0 radical (unpaired) electrons. The van der Waals surface area contributed by atoms with Gasteiger partial charge >= 0.3 is 0 Å². The van der Waals surface area contributed by atoms with Crippen LogP contribution in [0.5, 0.6) is 5.75 Å². The lowest BCUT2D eigenvalue weighted by molar-refractivity contribution is -0.139. The summed E-state index contributed by atoms with van der Waals surface area (Å²) >= 11 is 12.5. The molecule has 3 amide bonds. The Balaban J connectivity index is 1.75. The highest BCUT2D eigenvalue weighted by Crippen LogP contribution is 2.36. The molecular formula is C16H14Cl2N2O5S. The minimum absolute atomic E-state index is 0.0328. The molecule has 7 nitrogen and oxygen atoms in total. The maximum absolute atomic E-state index is 12.5. The van der Waals surface area contributed by atoms with Crippen LogP contribution in [0.25, 0.3) is 6.08 Å². The van der Waals surface area contributed by atoms with Crippen LogP contribution in [0.2, 0.25) is 10.0 Å². The number of phenols is 1. The van der Waals surface area contributed by atoms with Crippen LogP contribution in [0.15, 0.2) is 17.0 Å². The standard InChI is InChI=1S/C16H14Cl2N2O5S/c17-10-5-9(6-11(18)14(10)22)7-12-15(23)20(16(24)26-12)8-13(21)19-1-3-25-4-2-19/h5-7,22H,1-4,8H2/b12-7+. The molecule has 1 aromatic rings. The van der Waals surface area contributed by atoms with Gasteiger partial charge in [0.1, 0.15) is 6.54 Å². The van der Waals surface area contributed by atoms with Crippen molar-refractivity contribution in [2.24, 2.45) is 0 Å². The lowest BCUT2D eigenvalue weighted by atomic mass is 10.2. The third-order valence-corrected chi connectivity index (χ3v) is 5.35. The summed E-state index contributed by atoms with van der Waals surface area (Å²) in [6.45, 7) is 1.45. The number of thioether (sulfide) groups is 1. The molecule has 0 saturated carbocycles. The average Bonchev–Trinajstić information content (AvgIpc) is 2.87. The maximum Gasteiger partial charge on any atom is 0.294 e. The second kappa shape index (κ2) is 7.87. The molecule has 2 aliphatic rings. The second-order valence-electron chi connectivity index (χ2n) is 5.59. The van der Waals surface area contributed by atoms with E-state index in [0.717, 1.165) is 16.7 Å². The van der Waals surface area contributed by atoms with Gasteiger partial charge < -0.3 is 14.7 Å². The molecule has 2 fully saturated rings.